The fourth-order valence-electron chi connectivity index (χ4n) is 3.57. The number of carbonyl (C=O) groups excluding carboxylic acids is 1. The van der Waals surface area contributed by atoms with Gasteiger partial charge in [-0.05, 0) is 56.5 Å². The van der Waals surface area contributed by atoms with Crippen LogP contribution in [0.5, 0.6) is 0 Å². The SMILES string of the molecule is Cc1nc2ccccc2cc1C(=O)Nc1cccc(N2CCCCC2)c1. The summed E-state index contributed by atoms with van der Waals surface area (Å²) in [6, 6.07) is 17.9. The van der Waals surface area contributed by atoms with Gasteiger partial charge in [0.25, 0.3) is 5.91 Å². The van der Waals surface area contributed by atoms with Crippen molar-refractivity contribution in [2.24, 2.45) is 0 Å². The molecule has 1 aliphatic heterocycles. The lowest BCUT2D eigenvalue weighted by molar-refractivity contribution is 0.102. The summed E-state index contributed by atoms with van der Waals surface area (Å²) in [4.78, 5) is 19.8. The molecule has 0 atom stereocenters. The third-order valence-electron chi connectivity index (χ3n) is 4.98. The van der Waals surface area contributed by atoms with Gasteiger partial charge in [0.05, 0.1) is 16.8 Å². The van der Waals surface area contributed by atoms with Crippen molar-refractivity contribution in [2.75, 3.05) is 23.3 Å². The molecule has 0 saturated carbocycles. The maximum absolute atomic E-state index is 12.8. The topological polar surface area (TPSA) is 45.2 Å². The Balaban J connectivity index is 1.57. The van der Waals surface area contributed by atoms with Gasteiger partial charge in [0.1, 0.15) is 0 Å². The van der Waals surface area contributed by atoms with E-state index in [1.54, 1.807) is 0 Å². The largest absolute Gasteiger partial charge is 0.371 e. The highest BCUT2D eigenvalue weighted by Crippen LogP contribution is 2.24. The predicted octanol–water partition coefficient (Wildman–Crippen LogP) is 4.79. The van der Waals surface area contributed by atoms with E-state index in [0.29, 0.717) is 5.56 Å². The number of fused-ring (bicyclic) bond motifs is 1. The monoisotopic (exact) mass is 345 g/mol. The van der Waals surface area contributed by atoms with Gasteiger partial charge in [-0.2, -0.15) is 0 Å². The second kappa shape index (κ2) is 7.16. The lowest BCUT2D eigenvalue weighted by Gasteiger charge is -2.29. The normalized spacial score (nSPS) is 14.4. The number of anilines is 2. The van der Waals surface area contributed by atoms with Crippen LogP contribution in [0.2, 0.25) is 0 Å². The molecule has 2 aromatic carbocycles. The standard InChI is InChI=1S/C22H23N3O/c1-16-20(14-17-8-3-4-11-21(17)23-16)22(26)24-18-9-7-10-19(15-18)25-12-5-2-6-13-25/h3-4,7-11,14-15H,2,5-6,12-13H2,1H3,(H,24,26). The number of aromatic nitrogens is 1. The molecular weight excluding hydrogens is 322 g/mol. The van der Waals surface area contributed by atoms with Crippen LogP contribution in [0.3, 0.4) is 0 Å². The highest BCUT2D eigenvalue weighted by atomic mass is 16.1. The van der Waals surface area contributed by atoms with Crippen molar-refractivity contribution >= 4 is 28.2 Å². The van der Waals surface area contributed by atoms with Crippen LogP contribution in [0.25, 0.3) is 10.9 Å². The van der Waals surface area contributed by atoms with Crippen molar-refractivity contribution in [3.05, 3.63) is 65.9 Å². The molecule has 0 aliphatic carbocycles. The van der Waals surface area contributed by atoms with Gasteiger partial charge in [0.15, 0.2) is 0 Å². The zero-order chi connectivity index (χ0) is 17.9. The molecule has 1 N–H and O–H groups in total. The summed E-state index contributed by atoms with van der Waals surface area (Å²) in [5.74, 6) is -0.114. The zero-order valence-corrected chi connectivity index (χ0v) is 15.0. The average molecular weight is 345 g/mol. The van der Waals surface area contributed by atoms with E-state index in [1.165, 1.54) is 24.9 Å². The summed E-state index contributed by atoms with van der Waals surface area (Å²) in [5.41, 5.74) is 4.27. The Labute approximate surface area is 153 Å². The lowest BCUT2D eigenvalue weighted by atomic mass is 10.1. The van der Waals surface area contributed by atoms with Gasteiger partial charge in [-0.3, -0.25) is 9.78 Å². The third-order valence-corrected chi connectivity index (χ3v) is 4.98. The number of rotatable bonds is 3. The minimum absolute atomic E-state index is 0.114. The summed E-state index contributed by atoms with van der Waals surface area (Å²) in [6.07, 6.45) is 3.78. The van der Waals surface area contributed by atoms with E-state index in [4.69, 9.17) is 0 Å². The van der Waals surface area contributed by atoms with Crippen LogP contribution in [0.4, 0.5) is 11.4 Å². The van der Waals surface area contributed by atoms with Crippen molar-refractivity contribution in [1.29, 1.82) is 0 Å². The number of aryl methyl sites for hydroxylation is 1. The number of nitrogens with one attached hydrogen (secondary N) is 1. The number of pyridine rings is 1. The van der Waals surface area contributed by atoms with Gasteiger partial charge < -0.3 is 10.2 Å². The molecule has 132 valence electrons. The van der Waals surface area contributed by atoms with Crippen molar-refractivity contribution in [3.8, 4) is 0 Å². The quantitative estimate of drug-likeness (QED) is 0.742. The Hall–Kier alpha value is -2.88. The van der Waals surface area contributed by atoms with E-state index in [-0.39, 0.29) is 5.91 Å². The summed E-state index contributed by atoms with van der Waals surface area (Å²) in [7, 11) is 0. The number of piperidine rings is 1. The van der Waals surface area contributed by atoms with Crippen LogP contribution in [-0.4, -0.2) is 24.0 Å². The molecule has 2 heterocycles. The molecule has 0 spiro atoms. The molecule has 1 saturated heterocycles. The number of carbonyl (C=O) groups is 1. The molecule has 1 amide bonds. The summed E-state index contributed by atoms with van der Waals surface area (Å²) < 4.78 is 0. The van der Waals surface area contributed by atoms with Crippen LogP contribution in [0.1, 0.15) is 35.3 Å². The first-order valence-corrected chi connectivity index (χ1v) is 9.23. The Morgan fingerprint density at radius 2 is 1.81 bits per heavy atom. The molecule has 1 fully saturated rings. The summed E-state index contributed by atoms with van der Waals surface area (Å²) in [6.45, 7) is 4.06. The average Bonchev–Trinajstić information content (AvgIpc) is 2.68. The number of benzene rings is 2. The van der Waals surface area contributed by atoms with Crippen molar-refractivity contribution in [1.82, 2.24) is 4.98 Å². The molecule has 0 radical (unpaired) electrons. The summed E-state index contributed by atoms with van der Waals surface area (Å²) in [5, 5.41) is 4.01. The molecule has 3 aromatic rings. The van der Waals surface area contributed by atoms with Crippen molar-refractivity contribution in [3.63, 3.8) is 0 Å². The molecule has 4 nitrogen and oxygen atoms in total. The van der Waals surface area contributed by atoms with E-state index < -0.39 is 0 Å². The van der Waals surface area contributed by atoms with Gasteiger partial charge >= 0.3 is 0 Å². The molecule has 4 heteroatoms. The van der Waals surface area contributed by atoms with Crippen molar-refractivity contribution < 1.29 is 4.79 Å². The maximum Gasteiger partial charge on any atom is 0.257 e. The Kier molecular flexibility index (Phi) is 4.57. The lowest BCUT2D eigenvalue weighted by Crippen LogP contribution is -2.29. The first-order chi connectivity index (χ1) is 12.7. The smallest absolute Gasteiger partial charge is 0.257 e. The van der Waals surface area contributed by atoms with Gasteiger partial charge in [0.2, 0.25) is 0 Å². The fourth-order valence-corrected chi connectivity index (χ4v) is 3.57. The van der Waals surface area contributed by atoms with Crippen LogP contribution in [0, 0.1) is 6.92 Å². The van der Waals surface area contributed by atoms with E-state index in [2.05, 4.69) is 27.3 Å². The van der Waals surface area contributed by atoms with Gasteiger partial charge in [-0.15, -0.1) is 0 Å². The fraction of sp³-hybridized carbons (Fsp3) is 0.273. The molecule has 1 aromatic heterocycles. The zero-order valence-electron chi connectivity index (χ0n) is 15.0. The minimum Gasteiger partial charge on any atom is -0.371 e. The number of hydrogen-bond donors (Lipinski definition) is 1. The van der Waals surface area contributed by atoms with E-state index >= 15 is 0 Å². The number of amides is 1. The molecule has 1 aliphatic rings. The second-order valence-corrected chi connectivity index (χ2v) is 6.87. The van der Waals surface area contributed by atoms with Gasteiger partial charge in [-0.1, -0.05) is 24.3 Å². The Bertz CT molecular complexity index is 945. The van der Waals surface area contributed by atoms with Crippen LogP contribution >= 0.6 is 0 Å². The van der Waals surface area contributed by atoms with Crippen LogP contribution < -0.4 is 10.2 Å². The number of nitrogens with zero attached hydrogens (tertiary/aromatic N) is 2. The molecule has 26 heavy (non-hydrogen) atoms. The summed E-state index contributed by atoms with van der Waals surface area (Å²) >= 11 is 0. The molecule has 0 bridgehead atoms. The Morgan fingerprint density at radius 3 is 2.65 bits per heavy atom. The highest BCUT2D eigenvalue weighted by molar-refractivity contribution is 6.07. The maximum atomic E-state index is 12.8. The molecular formula is C22H23N3O. The van der Waals surface area contributed by atoms with Crippen molar-refractivity contribution in [2.45, 2.75) is 26.2 Å². The van der Waals surface area contributed by atoms with E-state index in [1.807, 2.05) is 49.4 Å². The third kappa shape index (κ3) is 3.40. The van der Waals surface area contributed by atoms with Crippen LogP contribution in [-0.2, 0) is 0 Å². The van der Waals surface area contributed by atoms with E-state index in [0.717, 1.165) is 35.4 Å². The molecule has 0 unspecified atom stereocenters. The van der Waals surface area contributed by atoms with E-state index in [9.17, 15) is 4.79 Å². The van der Waals surface area contributed by atoms with Gasteiger partial charge in [-0.25, -0.2) is 0 Å². The minimum atomic E-state index is -0.114. The highest BCUT2D eigenvalue weighted by Gasteiger charge is 2.14. The predicted molar refractivity (Wildman–Crippen MR) is 107 cm³/mol. The Morgan fingerprint density at radius 1 is 1.00 bits per heavy atom. The second-order valence-electron chi connectivity index (χ2n) is 6.87. The first-order valence-electron chi connectivity index (χ1n) is 9.23. The molecule has 4 rings (SSSR count). The van der Waals surface area contributed by atoms with Crippen LogP contribution in [0.15, 0.2) is 54.6 Å². The number of para-hydroxylation sites is 1. The first kappa shape index (κ1) is 16.6. The van der Waals surface area contributed by atoms with Gasteiger partial charge in [0, 0.05) is 29.9 Å². The number of hydrogen-bond acceptors (Lipinski definition) is 3.